The van der Waals surface area contributed by atoms with E-state index < -0.39 is 0 Å². The molecule has 0 atom stereocenters. The Morgan fingerprint density at radius 2 is 1.87 bits per heavy atom. The van der Waals surface area contributed by atoms with Crippen molar-refractivity contribution in [2.24, 2.45) is 0 Å². The van der Waals surface area contributed by atoms with Crippen molar-refractivity contribution < 1.29 is 4.79 Å². The number of carbonyl (C=O) groups excluding carboxylic acids is 1. The van der Waals surface area contributed by atoms with Crippen LogP contribution in [0.3, 0.4) is 0 Å². The highest BCUT2D eigenvalue weighted by Gasteiger charge is 2.12. The minimum absolute atomic E-state index is 0.697. The highest BCUT2D eigenvalue weighted by molar-refractivity contribution is 7.97. The summed E-state index contributed by atoms with van der Waals surface area (Å²) in [6, 6.07) is 7.92. The van der Waals surface area contributed by atoms with E-state index in [1.165, 1.54) is 30.8 Å². The van der Waals surface area contributed by atoms with Crippen LogP contribution in [0.15, 0.2) is 29.2 Å². The molecule has 0 aliphatic carbocycles. The molecule has 0 bridgehead atoms. The minimum atomic E-state index is 0.697. The van der Waals surface area contributed by atoms with Gasteiger partial charge in [0.1, 0.15) is 0 Å². The number of hydrogen-bond acceptors (Lipinski definition) is 3. The van der Waals surface area contributed by atoms with Gasteiger partial charge in [0.25, 0.3) is 0 Å². The van der Waals surface area contributed by atoms with Crippen molar-refractivity contribution in [3.63, 3.8) is 0 Å². The van der Waals surface area contributed by atoms with Crippen LogP contribution in [0.5, 0.6) is 0 Å². The zero-order valence-electron chi connectivity index (χ0n) is 8.48. The van der Waals surface area contributed by atoms with E-state index in [2.05, 4.69) is 9.62 Å². The zero-order valence-corrected chi connectivity index (χ0v) is 9.30. The molecule has 1 aromatic rings. The van der Waals surface area contributed by atoms with Crippen LogP contribution in [0.1, 0.15) is 12.8 Å². The second-order valence-corrected chi connectivity index (χ2v) is 4.68. The highest BCUT2D eigenvalue weighted by atomic mass is 32.2. The third-order valence-corrected chi connectivity index (χ3v) is 3.49. The summed E-state index contributed by atoms with van der Waals surface area (Å²) in [6.07, 6.45) is 3.30. The molecule has 80 valence electrons. The standard InChI is InChI=1S/C11H14N2OS/c14-9-12-10-3-5-11(6-4-10)15-13-7-1-2-8-13/h3-6,9H,1-2,7-8H2,(H,12,14). The van der Waals surface area contributed by atoms with Gasteiger partial charge in [-0.1, -0.05) is 0 Å². The molecule has 1 aliphatic heterocycles. The molecule has 4 heteroatoms. The van der Waals surface area contributed by atoms with Crippen LogP contribution in [0.2, 0.25) is 0 Å². The van der Waals surface area contributed by atoms with Crippen LogP contribution in [0.4, 0.5) is 5.69 Å². The molecule has 1 amide bonds. The van der Waals surface area contributed by atoms with Crippen molar-refractivity contribution in [3.8, 4) is 0 Å². The summed E-state index contributed by atoms with van der Waals surface area (Å²) < 4.78 is 2.38. The molecule has 1 N–H and O–H groups in total. The van der Waals surface area contributed by atoms with Crippen LogP contribution in [0.25, 0.3) is 0 Å². The summed E-state index contributed by atoms with van der Waals surface area (Å²) in [7, 11) is 0. The fraction of sp³-hybridized carbons (Fsp3) is 0.364. The van der Waals surface area contributed by atoms with Gasteiger partial charge < -0.3 is 5.32 Å². The number of nitrogens with zero attached hydrogens (tertiary/aromatic N) is 1. The van der Waals surface area contributed by atoms with Gasteiger partial charge in [-0.25, -0.2) is 4.31 Å². The second kappa shape index (κ2) is 5.19. The van der Waals surface area contributed by atoms with Crippen LogP contribution >= 0.6 is 11.9 Å². The van der Waals surface area contributed by atoms with Crippen molar-refractivity contribution in [2.45, 2.75) is 17.7 Å². The maximum Gasteiger partial charge on any atom is 0.211 e. The molecule has 15 heavy (non-hydrogen) atoms. The molecule has 1 heterocycles. The molecule has 1 fully saturated rings. The van der Waals surface area contributed by atoms with Gasteiger partial charge in [0, 0.05) is 23.7 Å². The Kier molecular flexibility index (Phi) is 3.64. The van der Waals surface area contributed by atoms with E-state index in [1.807, 2.05) is 24.3 Å². The predicted octanol–water partition coefficient (Wildman–Crippen LogP) is 2.36. The van der Waals surface area contributed by atoms with Crippen LogP contribution in [-0.2, 0) is 4.79 Å². The quantitative estimate of drug-likeness (QED) is 0.627. The molecule has 3 nitrogen and oxygen atoms in total. The SMILES string of the molecule is O=CNc1ccc(SN2CCCC2)cc1. The normalized spacial score (nSPS) is 16.5. The number of benzene rings is 1. The summed E-state index contributed by atoms with van der Waals surface area (Å²) >= 11 is 1.80. The Hall–Kier alpha value is -1.00. The minimum Gasteiger partial charge on any atom is -0.329 e. The van der Waals surface area contributed by atoms with Crippen LogP contribution in [-0.4, -0.2) is 23.8 Å². The fourth-order valence-corrected chi connectivity index (χ4v) is 2.61. The molecule has 0 spiro atoms. The Morgan fingerprint density at radius 3 is 2.47 bits per heavy atom. The van der Waals surface area contributed by atoms with Crippen LogP contribution < -0.4 is 5.32 Å². The molecule has 0 unspecified atom stereocenters. The van der Waals surface area contributed by atoms with Gasteiger partial charge in [-0.2, -0.15) is 0 Å². The topological polar surface area (TPSA) is 32.3 Å². The van der Waals surface area contributed by atoms with E-state index >= 15 is 0 Å². The summed E-state index contributed by atoms with van der Waals surface area (Å²) in [6.45, 7) is 2.36. The summed E-state index contributed by atoms with van der Waals surface area (Å²) in [5, 5.41) is 2.62. The number of hydrogen-bond donors (Lipinski definition) is 1. The molecule has 1 aliphatic rings. The van der Waals surface area contributed by atoms with Crippen LogP contribution in [0, 0.1) is 0 Å². The van der Waals surface area contributed by atoms with E-state index in [9.17, 15) is 4.79 Å². The lowest BCUT2D eigenvalue weighted by atomic mass is 10.3. The van der Waals surface area contributed by atoms with E-state index in [-0.39, 0.29) is 0 Å². The Bertz CT molecular complexity index is 320. The number of anilines is 1. The molecule has 0 aromatic heterocycles. The van der Waals surface area contributed by atoms with E-state index in [0.717, 1.165) is 5.69 Å². The first-order chi connectivity index (χ1) is 7.38. The molecule has 2 rings (SSSR count). The van der Waals surface area contributed by atoms with Crippen molar-refractivity contribution in [2.75, 3.05) is 18.4 Å². The monoisotopic (exact) mass is 222 g/mol. The number of amides is 1. The Morgan fingerprint density at radius 1 is 1.20 bits per heavy atom. The molecule has 0 radical (unpaired) electrons. The largest absolute Gasteiger partial charge is 0.329 e. The maximum absolute atomic E-state index is 10.2. The first-order valence-electron chi connectivity index (χ1n) is 5.11. The second-order valence-electron chi connectivity index (χ2n) is 3.51. The van der Waals surface area contributed by atoms with Crippen molar-refractivity contribution in [1.82, 2.24) is 4.31 Å². The average Bonchev–Trinajstić information content (AvgIpc) is 2.74. The highest BCUT2D eigenvalue weighted by Crippen LogP contribution is 2.27. The third kappa shape index (κ3) is 2.97. The summed E-state index contributed by atoms with van der Waals surface area (Å²) in [5.41, 5.74) is 0.843. The molecule has 0 saturated carbocycles. The lowest BCUT2D eigenvalue weighted by Crippen LogP contribution is -2.08. The van der Waals surface area contributed by atoms with Crippen molar-refractivity contribution in [3.05, 3.63) is 24.3 Å². The fourth-order valence-electron chi connectivity index (χ4n) is 1.61. The lowest BCUT2D eigenvalue weighted by Gasteiger charge is -2.13. The van der Waals surface area contributed by atoms with Gasteiger partial charge in [-0.05, 0) is 49.1 Å². The summed E-state index contributed by atoms with van der Waals surface area (Å²) in [5.74, 6) is 0. The zero-order chi connectivity index (χ0) is 10.5. The van der Waals surface area contributed by atoms with E-state index in [1.54, 1.807) is 11.9 Å². The number of nitrogens with one attached hydrogen (secondary N) is 1. The van der Waals surface area contributed by atoms with E-state index in [4.69, 9.17) is 0 Å². The lowest BCUT2D eigenvalue weighted by molar-refractivity contribution is -0.105. The Labute approximate surface area is 94.0 Å². The first-order valence-corrected chi connectivity index (χ1v) is 5.89. The summed E-state index contributed by atoms with van der Waals surface area (Å²) in [4.78, 5) is 11.4. The molecular formula is C11H14N2OS. The van der Waals surface area contributed by atoms with Crippen molar-refractivity contribution in [1.29, 1.82) is 0 Å². The van der Waals surface area contributed by atoms with Gasteiger partial charge >= 0.3 is 0 Å². The van der Waals surface area contributed by atoms with Gasteiger partial charge in [0.2, 0.25) is 6.41 Å². The maximum atomic E-state index is 10.2. The molecular weight excluding hydrogens is 208 g/mol. The number of carbonyl (C=O) groups is 1. The predicted molar refractivity (Wildman–Crippen MR) is 62.8 cm³/mol. The first kappa shape index (κ1) is 10.5. The molecule has 1 aromatic carbocycles. The number of rotatable bonds is 4. The third-order valence-electron chi connectivity index (χ3n) is 2.38. The average molecular weight is 222 g/mol. The van der Waals surface area contributed by atoms with Gasteiger partial charge in [0.05, 0.1) is 0 Å². The van der Waals surface area contributed by atoms with Gasteiger partial charge in [0.15, 0.2) is 0 Å². The molecule has 1 saturated heterocycles. The van der Waals surface area contributed by atoms with Gasteiger partial charge in [-0.15, -0.1) is 0 Å². The Balaban J connectivity index is 1.93. The van der Waals surface area contributed by atoms with Gasteiger partial charge in [-0.3, -0.25) is 4.79 Å². The van der Waals surface area contributed by atoms with Crippen molar-refractivity contribution >= 4 is 24.0 Å². The van der Waals surface area contributed by atoms with E-state index in [0.29, 0.717) is 6.41 Å². The smallest absolute Gasteiger partial charge is 0.211 e.